The van der Waals surface area contributed by atoms with Gasteiger partial charge in [-0.25, -0.2) is 0 Å². The van der Waals surface area contributed by atoms with Gasteiger partial charge in [-0.1, -0.05) is 162 Å². The quantitative estimate of drug-likeness (QED) is 0.0421. The number of hydrogen-bond donors (Lipinski definition) is 8. The van der Waals surface area contributed by atoms with Crippen LogP contribution in [0.5, 0.6) is 0 Å². The first kappa shape index (κ1) is 47.1. The molecule has 0 aliphatic carbocycles. The lowest BCUT2D eigenvalue weighted by Crippen LogP contribution is -2.60. The number of ether oxygens (including phenoxy) is 2. The van der Waals surface area contributed by atoms with Gasteiger partial charge in [0.15, 0.2) is 6.29 Å². The Hall–Kier alpha value is -0.890. The highest BCUT2D eigenvalue weighted by molar-refractivity contribution is 5.80. The Morgan fingerprint density at radius 3 is 1.48 bits per heavy atom. The first-order valence-corrected chi connectivity index (χ1v) is 20.4. The average Bonchev–Trinajstić information content (AvgIpc) is 3.11. The summed E-state index contributed by atoms with van der Waals surface area (Å²) in [5.74, 6) is -0.698. The minimum absolute atomic E-state index is 0.265. The van der Waals surface area contributed by atoms with Gasteiger partial charge < -0.3 is 50.5 Å². The van der Waals surface area contributed by atoms with Crippen molar-refractivity contribution in [3.63, 3.8) is 0 Å². The van der Waals surface area contributed by atoms with Crippen LogP contribution >= 0.6 is 0 Å². The number of hydrogen-bond acceptors (Lipinski definition) is 10. The van der Waals surface area contributed by atoms with Gasteiger partial charge in [0.05, 0.1) is 25.4 Å². The number of carbonyl (C=O) groups is 1. The largest absolute Gasteiger partial charge is 0.394 e. The second-order valence-corrected chi connectivity index (χ2v) is 14.7. The number of unbranched alkanes of at least 4 members (excludes halogenated alkanes) is 21. The monoisotopic (exact) mass is 720 g/mol. The summed E-state index contributed by atoms with van der Waals surface area (Å²) in [6.07, 6.45) is 15.9. The molecule has 1 saturated heterocycles. The van der Waals surface area contributed by atoms with E-state index in [-0.39, 0.29) is 6.42 Å². The molecule has 1 amide bonds. The van der Waals surface area contributed by atoms with E-state index in [9.17, 15) is 40.5 Å². The molecule has 11 nitrogen and oxygen atoms in total. The summed E-state index contributed by atoms with van der Waals surface area (Å²) in [5.41, 5.74) is 0. The molecule has 8 N–H and O–H groups in total. The van der Waals surface area contributed by atoms with Gasteiger partial charge in [0.1, 0.15) is 36.6 Å². The maximum absolute atomic E-state index is 13.0. The molecule has 0 aromatic rings. The van der Waals surface area contributed by atoms with E-state index in [0.29, 0.717) is 19.3 Å². The van der Waals surface area contributed by atoms with Crippen molar-refractivity contribution in [2.24, 2.45) is 0 Å². The highest BCUT2D eigenvalue weighted by atomic mass is 16.7. The molecule has 298 valence electrons. The van der Waals surface area contributed by atoms with E-state index >= 15 is 0 Å². The van der Waals surface area contributed by atoms with E-state index in [1.165, 1.54) is 96.3 Å². The molecule has 1 heterocycles. The molecular formula is C39H77NO10. The Bertz CT molecular complexity index is 790. The van der Waals surface area contributed by atoms with Crippen LogP contribution in [0.1, 0.15) is 174 Å². The van der Waals surface area contributed by atoms with E-state index in [4.69, 9.17) is 9.47 Å². The van der Waals surface area contributed by atoms with Crippen LogP contribution in [0.15, 0.2) is 0 Å². The third-order valence-corrected chi connectivity index (χ3v) is 10.2. The van der Waals surface area contributed by atoms with Gasteiger partial charge in [-0.05, 0) is 12.8 Å². The number of carbonyl (C=O) groups excluding carboxylic acids is 1. The molecule has 1 aliphatic rings. The predicted octanol–water partition coefficient (Wildman–Crippen LogP) is 5.16. The molecule has 11 heteroatoms. The average molecular weight is 720 g/mol. The summed E-state index contributed by atoms with van der Waals surface area (Å²) in [5, 5.41) is 75.2. The normalized spacial score (nSPS) is 23.4. The van der Waals surface area contributed by atoms with Crippen LogP contribution in [0.2, 0.25) is 0 Å². The van der Waals surface area contributed by atoms with Crippen LogP contribution in [0, 0.1) is 0 Å². The van der Waals surface area contributed by atoms with Crippen molar-refractivity contribution >= 4 is 5.91 Å². The van der Waals surface area contributed by atoms with Gasteiger partial charge in [0.25, 0.3) is 0 Å². The van der Waals surface area contributed by atoms with Crippen LogP contribution in [0.4, 0.5) is 0 Å². The van der Waals surface area contributed by atoms with Crippen molar-refractivity contribution in [3.05, 3.63) is 0 Å². The number of amides is 1. The predicted molar refractivity (Wildman–Crippen MR) is 196 cm³/mol. The molecule has 1 aliphatic heterocycles. The summed E-state index contributed by atoms with van der Waals surface area (Å²) in [7, 11) is 0. The molecule has 0 spiro atoms. The highest BCUT2D eigenvalue weighted by Gasteiger charge is 2.44. The summed E-state index contributed by atoms with van der Waals surface area (Å²) in [4.78, 5) is 13.0. The maximum Gasteiger partial charge on any atom is 0.249 e. The Labute approximate surface area is 303 Å². The van der Waals surface area contributed by atoms with E-state index in [2.05, 4.69) is 19.2 Å². The molecule has 50 heavy (non-hydrogen) atoms. The molecule has 0 aromatic carbocycles. The zero-order valence-corrected chi connectivity index (χ0v) is 31.6. The molecule has 0 aromatic heterocycles. The van der Waals surface area contributed by atoms with Crippen molar-refractivity contribution < 1.29 is 50.0 Å². The van der Waals surface area contributed by atoms with Gasteiger partial charge in [-0.15, -0.1) is 0 Å². The molecular weight excluding hydrogens is 642 g/mol. The molecule has 0 radical (unpaired) electrons. The number of nitrogens with one attached hydrogen (secondary N) is 1. The fraction of sp³-hybridized carbons (Fsp3) is 0.974. The molecule has 1 fully saturated rings. The van der Waals surface area contributed by atoms with Crippen molar-refractivity contribution in [1.29, 1.82) is 0 Å². The molecule has 9 atom stereocenters. The van der Waals surface area contributed by atoms with Crippen LogP contribution in [0.25, 0.3) is 0 Å². The van der Waals surface area contributed by atoms with Gasteiger partial charge in [0.2, 0.25) is 5.91 Å². The standard InChI is InChI=1S/C39H77NO10/c1-3-5-7-9-11-13-15-17-18-20-22-24-26-31(42)34(44)30(29-49-39-37(47)36(46)35(45)33(28-41)50-39)40-38(48)32(43)27-25-23-21-19-16-14-12-10-8-6-4-2/h30-37,39,41-47H,3-29H2,1-2H3,(H,40,48). The van der Waals surface area contributed by atoms with Crippen LogP contribution in [-0.4, -0.2) is 110 Å². The molecule has 0 bridgehead atoms. The minimum Gasteiger partial charge on any atom is -0.394 e. The highest BCUT2D eigenvalue weighted by Crippen LogP contribution is 2.23. The maximum atomic E-state index is 13.0. The van der Waals surface area contributed by atoms with Gasteiger partial charge >= 0.3 is 0 Å². The number of aliphatic hydroxyl groups is 7. The smallest absolute Gasteiger partial charge is 0.249 e. The lowest BCUT2D eigenvalue weighted by atomic mass is 9.98. The molecule has 1 rings (SSSR count). The summed E-state index contributed by atoms with van der Waals surface area (Å²) in [6.45, 7) is 3.40. The lowest BCUT2D eigenvalue weighted by Gasteiger charge is -2.40. The van der Waals surface area contributed by atoms with Crippen molar-refractivity contribution in [3.8, 4) is 0 Å². The van der Waals surface area contributed by atoms with Gasteiger partial charge in [-0.3, -0.25) is 4.79 Å². The first-order valence-electron chi connectivity index (χ1n) is 20.4. The molecule has 0 saturated carbocycles. The fourth-order valence-corrected chi connectivity index (χ4v) is 6.67. The second kappa shape index (κ2) is 30.6. The third-order valence-electron chi connectivity index (χ3n) is 10.2. The van der Waals surface area contributed by atoms with Crippen LogP contribution < -0.4 is 5.32 Å². The number of rotatable bonds is 33. The van der Waals surface area contributed by atoms with Gasteiger partial charge in [-0.2, -0.15) is 0 Å². The minimum atomic E-state index is -1.65. The van der Waals surface area contributed by atoms with Gasteiger partial charge in [0, 0.05) is 0 Å². The second-order valence-electron chi connectivity index (χ2n) is 14.7. The Morgan fingerprint density at radius 2 is 1.04 bits per heavy atom. The van der Waals surface area contributed by atoms with Crippen LogP contribution in [-0.2, 0) is 14.3 Å². The summed E-state index contributed by atoms with van der Waals surface area (Å²) < 4.78 is 11.0. The summed E-state index contributed by atoms with van der Waals surface area (Å²) >= 11 is 0. The van der Waals surface area contributed by atoms with E-state index in [0.717, 1.165) is 38.5 Å². The van der Waals surface area contributed by atoms with Crippen LogP contribution in [0.3, 0.4) is 0 Å². The first-order chi connectivity index (χ1) is 24.2. The number of aliphatic hydroxyl groups excluding tert-OH is 7. The SMILES string of the molecule is CCCCCCCCCCCCCCC(O)C(O)C(COC1OC(CO)C(O)C(O)C1O)NC(=O)C(O)CCCCCCCCCCCCC. The van der Waals surface area contributed by atoms with Crippen molar-refractivity contribution in [2.75, 3.05) is 13.2 Å². The summed E-state index contributed by atoms with van der Waals surface area (Å²) in [6, 6.07) is -1.16. The van der Waals surface area contributed by atoms with E-state index in [1.54, 1.807) is 0 Å². The zero-order valence-electron chi connectivity index (χ0n) is 31.6. The Kier molecular flexibility index (Phi) is 28.8. The molecule has 9 unspecified atom stereocenters. The Morgan fingerprint density at radius 1 is 0.620 bits per heavy atom. The van der Waals surface area contributed by atoms with E-state index < -0.39 is 74.2 Å². The van der Waals surface area contributed by atoms with Crippen molar-refractivity contribution in [1.82, 2.24) is 5.32 Å². The van der Waals surface area contributed by atoms with E-state index in [1.807, 2.05) is 0 Å². The third kappa shape index (κ3) is 21.0. The lowest BCUT2D eigenvalue weighted by molar-refractivity contribution is -0.303. The van der Waals surface area contributed by atoms with Crippen molar-refractivity contribution in [2.45, 2.75) is 229 Å². The zero-order chi connectivity index (χ0) is 37.0. The fourth-order valence-electron chi connectivity index (χ4n) is 6.67. The Balaban J connectivity index is 2.55. The topological polar surface area (TPSA) is 189 Å².